The molecule has 11 heavy (non-hydrogen) atoms. The number of halogens is 1. The first-order valence-electron chi connectivity index (χ1n) is 4.04. The molecule has 1 saturated heterocycles. The molecule has 1 saturated carbocycles. The molecule has 0 amide bonds. The fourth-order valence-electron chi connectivity index (χ4n) is 2.31. The Balaban J connectivity index is 0.000000605. The monoisotopic (exact) mass is 174 g/mol. The van der Waals surface area contributed by atoms with Gasteiger partial charge >= 0.3 is 0 Å². The Morgan fingerprint density at radius 1 is 1.45 bits per heavy atom. The molecule has 2 rings (SSSR count). The molecule has 2 N–H and O–H groups in total. The van der Waals surface area contributed by atoms with E-state index < -0.39 is 0 Å². The van der Waals surface area contributed by atoms with E-state index in [1.807, 2.05) is 0 Å². The van der Waals surface area contributed by atoms with E-state index in [2.05, 4.69) is 19.2 Å². The van der Waals surface area contributed by atoms with Gasteiger partial charge in [0.1, 0.15) is 0 Å². The standard InChI is InChI=1S/C8H14N2.ClH/c1-4-3-6(9)10-8-5(2)7(4)8;/h4-5,7-8H,3H2,1-2H3,(H2,9,10);1H. The molecule has 1 aliphatic carbocycles. The molecular weight excluding hydrogens is 160 g/mol. The first-order valence-corrected chi connectivity index (χ1v) is 4.04. The van der Waals surface area contributed by atoms with Gasteiger partial charge in [0.15, 0.2) is 0 Å². The molecule has 2 aliphatic rings. The van der Waals surface area contributed by atoms with Crippen LogP contribution in [-0.4, -0.2) is 11.9 Å². The smallest absolute Gasteiger partial charge is 0.0936 e. The van der Waals surface area contributed by atoms with Gasteiger partial charge in [-0.3, -0.25) is 5.41 Å². The second-order valence-corrected chi connectivity index (χ2v) is 3.77. The summed E-state index contributed by atoms with van der Waals surface area (Å²) in [6.45, 7) is 4.54. The van der Waals surface area contributed by atoms with E-state index in [1.54, 1.807) is 0 Å². The minimum Gasteiger partial charge on any atom is -0.371 e. The molecule has 0 aromatic heterocycles. The highest BCUT2D eigenvalue weighted by atomic mass is 35.5. The van der Waals surface area contributed by atoms with Crippen LogP contribution in [-0.2, 0) is 0 Å². The Labute approximate surface area is 73.7 Å². The summed E-state index contributed by atoms with van der Waals surface area (Å²) in [5, 5.41) is 10.7. The SMILES string of the molecule is CC1CC(=N)NC2C(C)C12.Cl. The first-order chi connectivity index (χ1) is 4.70. The Hall–Kier alpha value is -0.240. The van der Waals surface area contributed by atoms with Crippen LogP contribution in [0.15, 0.2) is 0 Å². The first kappa shape index (κ1) is 8.85. The number of amidine groups is 1. The predicted octanol–water partition coefficient (Wildman–Crippen LogP) is 1.65. The lowest BCUT2D eigenvalue weighted by atomic mass is 9.98. The van der Waals surface area contributed by atoms with Crippen molar-refractivity contribution < 1.29 is 0 Å². The lowest BCUT2D eigenvalue weighted by Gasteiger charge is -2.18. The van der Waals surface area contributed by atoms with Crippen LogP contribution in [0.1, 0.15) is 20.3 Å². The van der Waals surface area contributed by atoms with E-state index in [9.17, 15) is 0 Å². The van der Waals surface area contributed by atoms with Gasteiger partial charge in [0.25, 0.3) is 0 Å². The second kappa shape index (κ2) is 2.67. The van der Waals surface area contributed by atoms with E-state index in [0.717, 1.165) is 30.0 Å². The zero-order valence-electron chi connectivity index (χ0n) is 6.92. The predicted molar refractivity (Wildman–Crippen MR) is 48.3 cm³/mol. The van der Waals surface area contributed by atoms with Crippen molar-refractivity contribution in [3.8, 4) is 0 Å². The quantitative estimate of drug-likeness (QED) is 0.576. The zero-order valence-corrected chi connectivity index (χ0v) is 7.74. The van der Waals surface area contributed by atoms with Crippen molar-refractivity contribution in [2.24, 2.45) is 17.8 Å². The number of hydrogen-bond acceptors (Lipinski definition) is 1. The van der Waals surface area contributed by atoms with Crippen molar-refractivity contribution in [1.82, 2.24) is 5.32 Å². The lowest BCUT2D eigenvalue weighted by molar-refractivity contribution is 0.462. The molecule has 0 aromatic carbocycles. The molecule has 1 aliphatic heterocycles. The molecule has 3 heteroatoms. The second-order valence-electron chi connectivity index (χ2n) is 3.77. The number of fused-ring (bicyclic) bond motifs is 1. The van der Waals surface area contributed by atoms with Crippen LogP contribution in [0.25, 0.3) is 0 Å². The average molecular weight is 175 g/mol. The highest BCUT2D eigenvalue weighted by molar-refractivity contribution is 5.85. The van der Waals surface area contributed by atoms with Gasteiger partial charge in [-0.2, -0.15) is 0 Å². The fraction of sp³-hybridized carbons (Fsp3) is 0.875. The maximum atomic E-state index is 7.46. The summed E-state index contributed by atoms with van der Waals surface area (Å²) in [4.78, 5) is 0. The van der Waals surface area contributed by atoms with Crippen LogP contribution in [0.4, 0.5) is 0 Å². The number of hydrogen-bond donors (Lipinski definition) is 2. The van der Waals surface area contributed by atoms with E-state index in [-0.39, 0.29) is 12.4 Å². The number of nitrogens with one attached hydrogen (secondary N) is 2. The number of rotatable bonds is 0. The minimum atomic E-state index is 0. The molecule has 0 radical (unpaired) electrons. The summed E-state index contributed by atoms with van der Waals surface area (Å²) in [5.41, 5.74) is 0. The van der Waals surface area contributed by atoms with Gasteiger partial charge in [-0.15, -0.1) is 12.4 Å². The Kier molecular flexibility index (Phi) is 2.15. The van der Waals surface area contributed by atoms with Gasteiger partial charge in [-0.05, 0) is 17.8 Å². The lowest BCUT2D eigenvalue weighted by Crippen LogP contribution is -2.33. The third-order valence-corrected chi connectivity index (χ3v) is 2.97. The molecule has 0 spiro atoms. The molecule has 4 unspecified atom stereocenters. The van der Waals surface area contributed by atoms with Crippen LogP contribution in [0, 0.1) is 23.2 Å². The summed E-state index contributed by atoms with van der Waals surface area (Å²) < 4.78 is 0. The third-order valence-electron chi connectivity index (χ3n) is 2.97. The topological polar surface area (TPSA) is 35.9 Å². The Morgan fingerprint density at radius 2 is 2.09 bits per heavy atom. The average Bonchev–Trinajstić information content (AvgIpc) is 2.42. The van der Waals surface area contributed by atoms with Gasteiger partial charge in [0.05, 0.1) is 5.84 Å². The van der Waals surface area contributed by atoms with Gasteiger partial charge in [-0.1, -0.05) is 13.8 Å². The molecule has 64 valence electrons. The van der Waals surface area contributed by atoms with E-state index >= 15 is 0 Å². The highest BCUT2D eigenvalue weighted by Gasteiger charge is 2.52. The molecule has 0 bridgehead atoms. The molecule has 2 nitrogen and oxygen atoms in total. The largest absolute Gasteiger partial charge is 0.371 e. The molecular formula is C8H15ClN2. The molecule has 4 atom stereocenters. The summed E-state index contributed by atoms with van der Waals surface area (Å²) in [5.74, 6) is 3.18. The van der Waals surface area contributed by atoms with Crippen LogP contribution < -0.4 is 5.32 Å². The maximum absolute atomic E-state index is 7.46. The summed E-state index contributed by atoms with van der Waals surface area (Å²) in [6, 6.07) is 0.649. The van der Waals surface area contributed by atoms with Gasteiger partial charge < -0.3 is 5.32 Å². The summed E-state index contributed by atoms with van der Waals surface area (Å²) in [7, 11) is 0. The van der Waals surface area contributed by atoms with Crippen molar-refractivity contribution >= 4 is 18.2 Å². The van der Waals surface area contributed by atoms with Crippen LogP contribution in [0.3, 0.4) is 0 Å². The molecule has 2 fully saturated rings. The molecule has 0 aromatic rings. The minimum absolute atomic E-state index is 0. The highest BCUT2D eigenvalue weighted by Crippen LogP contribution is 2.47. The zero-order chi connectivity index (χ0) is 7.30. The van der Waals surface area contributed by atoms with E-state index in [4.69, 9.17) is 5.41 Å². The van der Waals surface area contributed by atoms with Crippen molar-refractivity contribution in [2.75, 3.05) is 0 Å². The maximum Gasteiger partial charge on any atom is 0.0936 e. The van der Waals surface area contributed by atoms with E-state index in [0.29, 0.717) is 6.04 Å². The summed E-state index contributed by atoms with van der Waals surface area (Å²) in [6.07, 6.45) is 0.964. The molecule has 1 heterocycles. The van der Waals surface area contributed by atoms with Gasteiger partial charge in [0.2, 0.25) is 0 Å². The van der Waals surface area contributed by atoms with Crippen molar-refractivity contribution in [2.45, 2.75) is 26.3 Å². The Bertz CT molecular complexity index is 171. The van der Waals surface area contributed by atoms with Crippen molar-refractivity contribution in [3.63, 3.8) is 0 Å². The number of piperidine rings is 1. The van der Waals surface area contributed by atoms with Crippen molar-refractivity contribution in [3.05, 3.63) is 0 Å². The summed E-state index contributed by atoms with van der Waals surface area (Å²) >= 11 is 0. The van der Waals surface area contributed by atoms with Crippen LogP contribution in [0.5, 0.6) is 0 Å². The van der Waals surface area contributed by atoms with Gasteiger partial charge in [0, 0.05) is 12.5 Å². The Morgan fingerprint density at radius 3 is 2.64 bits per heavy atom. The van der Waals surface area contributed by atoms with Crippen LogP contribution >= 0.6 is 12.4 Å². The normalized spacial score (nSPS) is 46.9. The third kappa shape index (κ3) is 1.24. The van der Waals surface area contributed by atoms with Crippen molar-refractivity contribution in [1.29, 1.82) is 5.41 Å². The van der Waals surface area contributed by atoms with Gasteiger partial charge in [-0.25, -0.2) is 0 Å². The van der Waals surface area contributed by atoms with Crippen LogP contribution in [0.2, 0.25) is 0 Å². The fourth-order valence-corrected chi connectivity index (χ4v) is 2.31. The van der Waals surface area contributed by atoms with E-state index in [1.165, 1.54) is 0 Å².